The van der Waals surface area contributed by atoms with E-state index in [1.54, 1.807) is 24.3 Å². The van der Waals surface area contributed by atoms with E-state index < -0.39 is 0 Å². The molecule has 6 nitrogen and oxygen atoms in total. The van der Waals surface area contributed by atoms with Crippen LogP contribution in [0.25, 0.3) is 0 Å². The maximum absolute atomic E-state index is 13.1. The van der Waals surface area contributed by atoms with Crippen molar-refractivity contribution in [2.75, 3.05) is 21.7 Å². The third-order valence-electron chi connectivity index (χ3n) is 4.58. The predicted octanol–water partition coefficient (Wildman–Crippen LogP) is 2.80. The Kier molecular flexibility index (Phi) is 3.95. The summed E-state index contributed by atoms with van der Waals surface area (Å²) in [6.07, 6.45) is 2.01. The number of anilines is 3. The van der Waals surface area contributed by atoms with E-state index in [1.807, 2.05) is 29.2 Å². The normalized spacial score (nSPS) is 16.3. The fraction of sp³-hybridized carbons (Fsp3) is 0.250. The average Bonchev–Trinajstić information content (AvgIpc) is 3.45. The molecule has 3 amide bonds. The van der Waals surface area contributed by atoms with Crippen molar-refractivity contribution in [2.45, 2.75) is 25.8 Å². The Morgan fingerprint density at radius 1 is 1.04 bits per heavy atom. The number of carbonyl (C=O) groups excluding carboxylic acids is 3. The molecule has 2 aromatic rings. The molecule has 1 saturated carbocycles. The van der Waals surface area contributed by atoms with E-state index in [9.17, 15) is 14.4 Å². The van der Waals surface area contributed by atoms with Gasteiger partial charge in [0.1, 0.15) is 6.54 Å². The Bertz CT molecular complexity index is 905. The fourth-order valence-corrected chi connectivity index (χ4v) is 3.33. The van der Waals surface area contributed by atoms with Gasteiger partial charge < -0.3 is 10.2 Å². The smallest absolute Gasteiger partial charge is 0.258 e. The van der Waals surface area contributed by atoms with Gasteiger partial charge in [0.2, 0.25) is 11.8 Å². The topological polar surface area (TPSA) is 69.7 Å². The highest BCUT2D eigenvalue weighted by Gasteiger charge is 2.40. The molecule has 1 N–H and O–H groups in total. The van der Waals surface area contributed by atoms with Crippen molar-refractivity contribution >= 4 is 34.8 Å². The quantitative estimate of drug-likeness (QED) is 0.926. The zero-order valence-electron chi connectivity index (χ0n) is 14.4. The summed E-state index contributed by atoms with van der Waals surface area (Å²) in [5, 5.41) is 2.68. The van der Waals surface area contributed by atoms with Gasteiger partial charge in [-0.2, -0.15) is 0 Å². The second kappa shape index (κ2) is 6.29. The van der Waals surface area contributed by atoms with Crippen LogP contribution in [0.1, 0.15) is 30.1 Å². The van der Waals surface area contributed by atoms with Crippen LogP contribution >= 0.6 is 0 Å². The average molecular weight is 349 g/mol. The summed E-state index contributed by atoms with van der Waals surface area (Å²) in [6.45, 7) is 1.44. The maximum Gasteiger partial charge on any atom is 0.258 e. The number of hydrogen-bond acceptors (Lipinski definition) is 3. The predicted molar refractivity (Wildman–Crippen MR) is 99.4 cm³/mol. The van der Waals surface area contributed by atoms with Crippen molar-refractivity contribution in [3.63, 3.8) is 0 Å². The molecule has 1 heterocycles. The molecule has 1 aliphatic heterocycles. The number of benzene rings is 2. The van der Waals surface area contributed by atoms with Gasteiger partial charge in [-0.3, -0.25) is 19.3 Å². The Balaban J connectivity index is 1.69. The summed E-state index contributed by atoms with van der Waals surface area (Å²) in [5.41, 5.74) is 2.52. The van der Waals surface area contributed by atoms with Gasteiger partial charge in [0.05, 0.1) is 11.4 Å². The molecule has 6 heteroatoms. The molecule has 1 aliphatic carbocycles. The molecule has 0 bridgehead atoms. The van der Waals surface area contributed by atoms with Crippen LogP contribution in [0.15, 0.2) is 48.5 Å². The van der Waals surface area contributed by atoms with Gasteiger partial charge in [0, 0.05) is 24.2 Å². The van der Waals surface area contributed by atoms with Crippen LogP contribution in [0.2, 0.25) is 0 Å². The van der Waals surface area contributed by atoms with Gasteiger partial charge in [-0.1, -0.05) is 18.2 Å². The molecule has 132 valence electrons. The van der Waals surface area contributed by atoms with E-state index in [2.05, 4.69) is 5.32 Å². The molecule has 0 spiro atoms. The monoisotopic (exact) mass is 349 g/mol. The van der Waals surface area contributed by atoms with E-state index in [4.69, 9.17) is 0 Å². The lowest BCUT2D eigenvalue weighted by atomic mass is 10.1. The van der Waals surface area contributed by atoms with E-state index >= 15 is 0 Å². The lowest BCUT2D eigenvalue weighted by molar-refractivity contribution is -0.117. The summed E-state index contributed by atoms with van der Waals surface area (Å²) < 4.78 is 0. The SMILES string of the molecule is CC(=O)Nc1cccc(C(=O)N2CC(=O)N(C3CC3)c3ccccc32)c1. The first kappa shape index (κ1) is 16.3. The van der Waals surface area contributed by atoms with Crippen LogP contribution < -0.4 is 15.1 Å². The van der Waals surface area contributed by atoms with Crippen LogP contribution in [0.4, 0.5) is 17.1 Å². The number of fused-ring (bicyclic) bond motifs is 1. The maximum atomic E-state index is 13.1. The van der Waals surface area contributed by atoms with Gasteiger partial charge in [0.25, 0.3) is 5.91 Å². The van der Waals surface area contributed by atoms with Crippen LogP contribution in [0.3, 0.4) is 0 Å². The van der Waals surface area contributed by atoms with Crippen molar-refractivity contribution in [3.8, 4) is 0 Å². The number of hydrogen-bond donors (Lipinski definition) is 1. The van der Waals surface area contributed by atoms with Gasteiger partial charge in [-0.15, -0.1) is 0 Å². The lowest BCUT2D eigenvalue weighted by Gasteiger charge is -2.36. The number of amides is 3. The lowest BCUT2D eigenvalue weighted by Crippen LogP contribution is -2.49. The van der Waals surface area contributed by atoms with E-state index in [0.29, 0.717) is 11.3 Å². The number of rotatable bonds is 3. The molecular formula is C20H19N3O3. The summed E-state index contributed by atoms with van der Waals surface area (Å²) in [4.78, 5) is 40.3. The highest BCUT2D eigenvalue weighted by Crippen LogP contribution is 2.40. The largest absolute Gasteiger partial charge is 0.326 e. The van der Waals surface area contributed by atoms with E-state index in [1.165, 1.54) is 11.8 Å². The van der Waals surface area contributed by atoms with Crippen molar-refractivity contribution in [1.82, 2.24) is 0 Å². The summed E-state index contributed by atoms with van der Waals surface area (Å²) in [7, 11) is 0. The van der Waals surface area contributed by atoms with Gasteiger partial charge >= 0.3 is 0 Å². The molecule has 0 aromatic heterocycles. The Morgan fingerprint density at radius 2 is 1.77 bits per heavy atom. The van der Waals surface area contributed by atoms with Crippen molar-refractivity contribution in [1.29, 1.82) is 0 Å². The van der Waals surface area contributed by atoms with Crippen LogP contribution in [0, 0.1) is 0 Å². The molecule has 1 fully saturated rings. The molecule has 2 aliphatic rings. The van der Waals surface area contributed by atoms with Gasteiger partial charge in [0.15, 0.2) is 0 Å². The van der Waals surface area contributed by atoms with Crippen molar-refractivity contribution in [3.05, 3.63) is 54.1 Å². The summed E-state index contributed by atoms with van der Waals surface area (Å²) in [5.74, 6) is -0.515. The summed E-state index contributed by atoms with van der Waals surface area (Å²) in [6, 6.07) is 14.5. The third kappa shape index (κ3) is 2.94. The van der Waals surface area contributed by atoms with Gasteiger partial charge in [-0.05, 0) is 43.2 Å². The molecular weight excluding hydrogens is 330 g/mol. The first-order valence-electron chi connectivity index (χ1n) is 8.65. The second-order valence-electron chi connectivity index (χ2n) is 6.64. The molecule has 0 atom stereocenters. The fourth-order valence-electron chi connectivity index (χ4n) is 3.33. The first-order valence-corrected chi connectivity index (χ1v) is 8.65. The zero-order chi connectivity index (χ0) is 18.3. The van der Waals surface area contributed by atoms with Gasteiger partial charge in [-0.25, -0.2) is 0 Å². The molecule has 26 heavy (non-hydrogen) atoms. The van der Waals surface area contributed by atoms with E-state index in [0.717, 1.165) is 24.2 Å². The number of nitrogens with zero attached hydrogens (tertiary/aromatic N) is 2. The second-order valence-corrected chi connectivity index (χ2v) is 6.64. The Labute approximate surface area is 151 Å². The van der Waals surface area contributed by atoms with Crippen molar-refractivity contribution in [2.24, 2.45) is 0 Å². The molecule has 2 aromatic carbocycles. The number of para-hydroxylation sites is 2. The standard InChI is InChI=1S/C20H19N3O3/c1-13(24)21-15-6-4-5-14(11-15)20(26)22-12-19(25)23(16-9-10-16)18-8-3-2-7-17(18)22/h2-8,11,16H,9-10,12H2,1H3,(H,21,24). The Morgan fingerprint density at radius 3 is 2.46 bits per heavy atom. The zero-order valence-corrected chi connectivity index (χ0v) is 14.4. The van der Waals surface area contributed by atoms with Crippen LogP contribution in [0.5, 0.6) is 0 Å². The minimum atomic E-state index is -0.256. The van der Waals surface area contributed by atoms with E-state index in [-0.39, 0.29) is 30.3 Å². The van der Waals surface area contributed by atoms with Crippen LogP contribution in [-0.4, -0.2) is 30.3 Å². The molecule has 4 rings (SSSR count). The molecule has 0 unspecified atom stereocenters. The summed E-state index contributed by atoms with van der Waals surface area (Å²) >= 11 is 0. The highest BCUT2D eigenvalue weighted by atomic mass is 16.2. The number of nitrogens with one attached hydrogen (secondary N) is 1. The third-order valence-corrected chi connectivity index (χ3v) is 4.58. The van der Waals surface area contributed by atoms with Crippen molar-refractivity contribution < 1.29 is 14.4 Å². The minimum absolute atomic E-state index is 0.0245. The number of carbonyl (C=O) groups is 3. The van der Waals surface area contributed by atoms with Crippen LogP contribution in [-0.2, 0) is 9.59 Å². The highest BCUT2D eigenvalue weighted by molar-refractivity contribution is 6.16. The minimum Gasteiger partial charge on any atom is -0.326 e. The first-order chi connectivity index (χ1) is 12.5. The molecule has 0 saturated heterocycles. The molecule has 0 radical (unpaired) electrons. The Hall–Kier alpha value is -3.15.